The molecule has 2 aromatic carbocycles. The number of benzene rings is 2. The Morgan fingerprint density at radius 1 is 0.689 bits per heavy atom. The highest BCUT2D eigenvalue weighted by atomic mass is 32.2. The Labute approximate surface area is 281 Å². The number of hydrogen-bond donors (Lipinski definition) is 0. The van der Waals surface area contributed by atoms with Gasteiger partial charge in [-0.05, 0) is 73.0 Å². The molecule has 5 nitrogen and oxygen atoms in total. The Morgan fingerprint density at radius 3 is 1.69 bits per heavy atom. The number of rotatable bonds is 25. The summed E-state index contributed by atoms with van der Waals surface area (Å²) in [6.45, 7) is 13.8. The molecule has 45 heavy (non-hydrogen) atoms. The SMILES string of the molecule is C=C[Si](C)(OC/C=C/CCC(C/C=C/CO[Si](C)(C=C)c1ccccc1)CCSCCC[Si](OC)(OC)OC)c1ccccc1. The second-order valence-electron chi connectivity index (χ2n) is 11.4. The van der Waals surface area contributed by atoms with Crippen LogP contribution in [0.2, 0.25) is 19.1 Å². The van der Waals surface area contributed by atoms with Gasteiger partial charge in [0.25, 0.3) is 0 Å². The van der Waals surface area contributed by atoms with E-state index < -0.39 is 25.4 Å². The van der Waals surface area contributed by atoms with Crippen molar-refractivity contribution in [2.24, 2.45) is 5.92 Å². The molecule has 2 aromatic rings. The minimum Gasteiger partial charge on any atom is -0.405 e. The molecule has 0 bridgehead atoms. The molecular weight excluding hydrogens is 629 g/mol. The molecule has 0 aliphatic carbocycles. The van der Waals surface area contributed by atoms with Gasteiger partial charge in [0.05, 0.1) is 13.2 Å². The second kappa shape index (κ2) is 21.9. The standard InChI is InChI=1S/C36H56O5SSi3/c1-8-43(6,35-24-14-10-15-25-35)40-29-19-12-13-22-34(28-32-42-31-21-33-45(37-3,38-4)39-5)23-18-20-30-41-44(7,9-2)36-26-16-11-17-27-36/h8-12,14-20,24-27,34H,1-2,13,21-23,28-33H2,3-7H3/b19-12+,20-18+. The van der Waals surface area contributed by atoms with Gasteiger partial charge >= 0.3 is 8.80 Å². The average molecular weight is 685 g/mol. The van der Waals surface area contributed by atoms with Crippen LogP contribution in [0.1, 0.15) is 32.1 Å². The third-order valence-electron chi connectivity index (χ3n) is 8.35. The van der Waals surface area contributed by atoms with E-state index in [0.29, 0.717) is 19.1 Å². The predicted molar refractivity (Wildman–Crippen MR) is 201 cm³/mol. The Kier molecular flexibility index (Phi) is 19.2. The van der Waals surface area contributed by atoms with Crippen molar-refractivity contribution in [2.75, 3.05) is 46.0 Å². The Hall–Kier alpha value is -1.80. The largest absolute Gasteiger partial charge is 0.500 e. The highest BCUT2D eigenvalue weighted by molar-refractivity contribution is 7.99. The van der Waals surface area contributed by atoms with E-state index in [1.54, 1.807) is 21.3 Å². The van der Waals surface area contributed by atoms with Gasteiger partial charge in [0.15, 0.2) is 0 Å². The van der Waals surface area contributed by atoms with Gasteiger partial charge in [0, 0.05) is 27.4 Å². The molecular formula is C36H56O5SSi3. The normalized spacial score (nSPS) is 15.6. The molecule has 0 spiro atoms. The third kappa shape index (κ3) is 13.8. The van der Waals surface area contributed by atoms with E-state index in [9.17, 15) is 0 Å². The van der Waals surface area contributed by atoms with Crippen molar-refractivity contribution in [3.8, 4) is 0 Å². The molecule has 9 heteroatoms. The molecule has 0 aliphatic rings. The maximum atomic E-state index is 6.39. The summed E-state index contributed by atoms with van der Waals surface area (Å²) >= 11 is 2.01. The van der Waals surface area contributed by atoms with E-state index >= 15 is 0 Å². The van der Waals surface area contributed by atoms with Crippen LogP contribution in [0.4, 0.5) is 0 Å². The summed E-state index contributed by atoms with van der Waals surface area (Å²) in [6.07, 6.45) is 14.4. The topological polar surface area (TPSA) is 46.2 Å². The molecule has 0 aromatic heterocycles. The van der Waals surface area contributed by atoms with E-state index in [4.69, 9.17) is 22.1 Å². The first kappa shape index (κ1) is 39.4. The minimum atomic E-state index is -2.48. The van der Waals surface area contributed by atoms with Crippen LogP contribution in [0.25, 0.3) is 0 Å². The molecule has 0 saturated carbocycles. The molecule has 0 N–H and O–H groups in total. The smallest absolute Gasteiger partial charge is 0.405 e. The predicted octanol–water partition coefficient (Wildman–Crippen LogP) is 7.73. The Balaban J connectivity index is 1.86. The van der Waals surface area contributed by atoms with E-state index in [0.717, 1.165) is 43.2 Å². The summed E-state index contributed by atoms with van der Waals surface area (Å²) in [5, 5.41) is 2.50. The van der Waals surface area contributed by atoms with Crippen molar-refractivity contribution in [3.63, 3.8) is 0 Å². The second-order valence-corrected chi connectivity index (χ2v) is 22.7. The van der Waals surface area contributed by atoms with Gasteiger partial charge in [-0.3, -0.25) is 0 Å². The lowest BCUT2D eigenvalue weighted by atomic mass is 9.96. The van der Waals surface area contributed by atoms with Crippen molar-refractivity contribution in [1.29, 1.82) is 0 Å². The molecule has 0 aliphatic heterocycles. The van der Waals surface area contributed by atoms with Gasteiger partial charge in [0.1, 0.15) is 0 Å². The molecule has 2 rings (SSSR count). The highest BCUT2D eigenvalue weighted by Crippen LogP contribution is 2.22. The Bertz CT molecular complexity index is 1140. The van der Waals surface area contributed by atoms with Gasteiger partial charge in [0.2, 0.25) is 16.6 Å². The summed E-state index contributed by atoms with van der Waals surface area (Å²) in [6, 6.07) is 21.8. The van der Waals surface area contributed by atoms with Crippen LogP contribution in [-0.4, -0.2) is 71.5 Å². The van der Waals surface area contributed by atoms with E-state index in [-0.39, 0.29) is 0 Å². The van der Waals surface area contributed by atoms with Crippen LogP contribution in [-0.2, 0) is 22.1 Å². The lowest BCUT2D eigenvalue weighted by Crippen LogP contribution is -2.46. The summed E-state index contributed by atoms with van der Waals surface area (Å²) in [5.41, 5.74) is 4.03. The summed E-state index contributed by atoms with van der Waals surface area (Å²) in [5.74, 6) is 2.83. The van der Waals surface area contributed by atoms with Crippen LogP contribution < -0.4 is 10.4 Å². The van der Waals surface area contributed by atoms with Gasteiger partial charge in [-0.2, -0.15) is 11.8 Å². The van der Waals surface area contributed by atoms with E-state index in [1.165, 1.54) is 16.8 Å². The zero-order chi connectivity index (χ0) is 32.9. The van der Waals surface area contributed by atoms with Crippen molar-refractivity contribution in [1.82, 2.24) is 0 Å². The maximum Gasteiger partial charge on any atom is 0.500 e. The lowest BCUT2D eigenvalue weighted by Gasteiger charge is -2.24. The first-order valence-electron chi connectivity index (χ1n) is 16.0. The van der Waals surface area contributed by atoms with Crippen LogP contribution in [0, 0.1) is 5.92 Å². The monoisotopic (exact) mass is 684 g/mol. The van der Waals surface area contributed by atoms with Crippen LogP contribution in [0.5, 0.6) is 0 Å². The third-order valence-corrected chi connectivity index (χ3v) is 18.3. The molecule has 0 fully saturated rings. The molecule has 0 amide bonds. The van der Waals surface area contributed by atoms with E-state index in [1.807, 2.05) is 35.3 Å². The maximum absolute atomic E-state index is 6.39. The number of thioether (sulfide) groups is 1. The fourth-order valence-corrected chi connectivity index (χ4v) is 11.7. The zero-order valence-corrected chi connectivity index (χ0v) is 32.1. The van der Waals surface area contributed by atoms with Crippen molar-refractivity contribution in [3.05, 3.63) is 110 Å². The van der Waals surface area contributed by atoms with E-state index in [2.05, 4.69) is 99.1 Å². The van der Waals surface area contributed by atoms with Gasteiger partial charge in [-0.1, -0.05) is 96.4 Å². The van der Waals surface area contributed by atoms with Gasteiger partial charge in [-0.15, -0.1) is 13.2 Å². The molecule has 248 valence electrons. The van der Waals surface area contributed by atoms with Crippen molar-refractivity contribution >= 4 is 47.6 Å². The molecule has 3 unspecified atom stereocenters. The van der Waals surface area contributed by atoms with Gasteiger partial charge < -0.3 is 22.1 Å². The minimum absolute atomic E-state index is 0.610. The summed E-state index contributed by atoms with van der Waals surface area (Å²) in [4.78, 5) is 0. The Morgan fingerprint density at radius 2 is 1.20 bits per heavy atom. The van der Waals surface area contributed by atoms with Crippen molar-refractivity contribution in [2.45, 2.75) is 51.2 Å². The zero-order valence-electron chi connectivity index (χ0n) is 28.2. The fraction of sp³-hybridized carbons (Fsp3) is 0.444. The molecule has 0 radical (unpaired) electrons. The lowest BCUT2D eigenvalue weighted by molar-refractivity contribution is 0.123. The highest BCUT2D eigenvalue weighted by Gasteiger charge is 2.36. The summed E-state index contributed by atoms with van der Waals surface area (Å²) < 4.78 is 29.4. The van der Waals surface area contributed by atoms with Crippen LogP contribution in [0.3, 0.4) is 0 Å². The number of hydrogen-bond acceptors (Lipinski definition) is 6. The fourth-order valence-electron chi connectivity index (χ4n) is 5.05. The first-order chi connectivity index (χ1) is 21.8. The first-order valence-corrected chi connectivity index (χ1v) is 24.1. The average Bonchev–Trinajstić information content (AvgIpc) is 3.09. The molecule has 3 atom stereocenters. The molecule has 0 saturated heterocycles. The molecule has 0 heterocycles. The van der Waals surface area contributed by atoms with Crippen molar-refractivity contribution < 1.29 is 22.1 Å². The quantitative estimate of drug-likeness (QED) is 0.0607. The van der Waals surface area contributed by atoms with Gasteiger partial charge in [-0.25, -0.2) is 0 Å². The summed E-state index contributed by atoms with van der Waals surface area (Å²) in [7, 11) is -1.71. The van der Waals surface area contributed by atoms with Crippen LogP contribution in [0.15, 0.2) is 110 Å². The van der Waals surface area contributed by atoms with Crippen LogP contribution >= 0.6 is 11.8 Å². The number of allylic oxidation sites excluding steroid dienone is 2.